The highest BCUT2D eigenvalue weighted by Crippen LogP contribution is 2.32. The third-order valence-electron chi connectivity index (χ3n) is 4.67. The number of nitrogens with zero attached hydrogens (tertiary/aromatic N) is 4. The molecule has 0 atom stereocenters. The lowest BCUT2D eigenvalue weighted by molar-refractivity contribution is 0.0940. The van der Waals surface area contributed by atoms with E-state index < -0.39 is 0 Å². The van der Waals surface area contributed by atoms with Crippen LogP contribution in [-0.4, -0.2) is 74.2 Å². The lowest BCUT2D eigenvalue weighted by atomic mass is 10.1. The molecule has 152 valence electrons. The van der Waals surface area contributed by atoms with Crippen molar-refractivity contribution in [3.05, 3.63) is 34.3 Å². The molecule has 3 rings (SSSR count). The van der Waals surface area contributed by atoms with Gasteiger partial charge in [-0.15, -0.1) is 17.8 Å². The summed E-state index contributed by atoms with van der Waals surface area (Å²) >= 11 is 1.23. The molecular weight excluding hydrogens is 392 g/mol. The number of rotatable bonds is 5. The predicted octanol–water partition coefficient (Wildman–Crippen LogP) is 2.15. The van der Waals surface area contributed by atoms with Gasteiger partial charge in [-0.05, 0) is 5.92 Å². The quantitative estimate of drug-likeness (QED) is 0.701. The van der Waals surface area contributed by atoms with Crippen molar-refractivity contribution in [3.8, 4) is 23.8 Å². The molecule has 1 saturated heterocycles. The minimum Gasteiger partial charge on any atom is -0.497 e. The second kappa shape index (κ2) is 8.41. The second-order valence-electron chi connectivity index (χ2n) is 6.63. The predicted molar refractivity (Wildman–Crippen MR) is 111 cm³/mol. The fraction of sp³-hybridized carbons (Fsp3) is 0.350. The highest BCUT2D eigenvalue weighted by molar-refractivity contribution is 7.10. The lowest BCUT2D eigenvalue weighted by Gasteiger charge is -2.41. The zero-order chi connectivity index (χ0) is 21.1. The zero-order valence-electron chi connectivity index (χ0n) is 16.7. The third-order valence-corrected chi connectivity index (χ3v) is 5.44. The van der Waals surface area contributed by atoms with Gasteiger partial charge >= 0.3 is 6.03 Å². The maximum Gasteiger partial charge on any atom is 0.319 e. The molecule has 1 fully saturated rings. The summed E-state index contributed by atoms with van der Waals surface area (Å²) in [5, 5.41) is 2.08. The average Bonchev–Trinajstić information content (AvgIpc) is 3.21. The van der Waals surface area contributed by atoms with E-state index in [1.165, 1.54) is 11.3 Å². The van der Waals surface area contributed by atoms with Gasteiger partial charge in [-0.25, -0.2) is 9.78 Å². The molecule has 8 nitrogen and oxygen atoms in total. The van der Waals surface area contributed by atoms with E-state index in [-0.39, 0.29) is 23.7 Å². The van der Waals surface area contributed by atoms with Gasteiger partial charge in [0.1, 0.15) is 17.2 Å². The molecule has 0 radical (unpaired) electrons. The van der Waals surface area contributed by atoms with Gasteiger partial charge in [-0.2, -0.15) is 0 Å². The Kier molecular flexibility index (Phi) is 5.94. The van der Waals surface area contributed by atoms with Gasteiger partial charge in [0.05, 0.1) is 25.9 Å². The van der Waals surface area contributed by atoms with Crippen LogP contribution in [-0.2, 0) is 0 Å². The van der Waals surface area contributed by atoms with Crippen molar-refractivity contribution >= 4 is 29.0 Å². The van der Waals surface area contributed by atoms with E-state index in [4.69, 9.17) is 15.9 Å². The number of amides is 3. The molecule has 1 aromatic heterocycles. The Morgan fingerprint density at radius 1 is 1.21 bits per heavy atom. The second-order valence-corrected chi connectivity index (χ2v) is 7.48. The van der Waals surface area contributed by atoms with E-state index in [1.54, 1.807) is 66.6 Å². The van der Waals surface area contributed by atoms with Crippen LogP contribution in [0, 0.1) is 12.3 Å². The summed E-state index contributed by atoms with van der Waals surface area (Å²) < 4.78 is 10.7. The number of likely N-dealkylation sites (N-methyl/N-ethyl adjacent to an activating group) is 2. The average molecular weight is 414 g/mol. The monoisotopic (exact) mass is 414 g/mol. The molecule has 2 aromatic rings. The molecule has 2 heterocycles. The van der Waals surface area contributed by atoms with E-state index in [9.17, 15) is 9.59 Å². The van der Waals surface area contributed by atoms with Crippen LogP contribution >= 0.6 is 11.3 Å². The van der Waals surface area contributed by atoms with E-state index in [0.717, 1.165) is 0 Å². The first-order chi connectivity index (χ1) is 13.9. The van der Waals surface area contributed by atoms with Gasteiger partial charge in [0.15, 0.2) is 5.01 Å². The van der Waals surface area contributed by atoms with E-state index in [2.05, 4.69) is 10.9 Å². The van der Waals surface area contributed by atoms with Gasteiger partial charge < -0.3 is 24.2 Å². The molecule has 0 spiro atoms. The lowest BCUT2D eigenvalue weighted by Crippen LogP contribution is -2.59. The Balaban J connectivity index is 2.08. The number of terminal acetylenes is 1. The normalized spacial score (nSPS) is 14.5. The van der Waals surface area contributed by atoms with Crippen LogP contribution in [0.15, 0.2) is 23.6 Å². The smallest absolute Gasteiger partial charge is 0.319 e. The minimum absolute atomic E-state index is 0.0971. The first kappa shape index (κ1) is 20.5. The van der Waals surface area contributed by atoms with Crippen LogP contribution in [0.4, 0.5) is 10.5 Å². The minimum atomic E-state index is -0.306. The highest BCUT2D eigenvalue weighted by Gasteiger charge is 2.35. The summed E-state index contributed by atoms with van der Waals surface area (Å²) in [7, 11) is 6.51. The van der Waals surface area contributed by atoms with Gasteiger partial charge in [0, 0.05) is 50.8 Å². The summed E-state index contributed by atoms with van der Waals surface area (Å²) in [4.78, 5) is 34.7. The van der Waals surface area contributed by atoms with E-state index in [1.807, 2.05) is 0 Å². The number of ether oxygens (including phenoxy) is 2. The van der Waals surface area contributed by atoms with Crippen LogP contribution in [0.3, 0.4) is 0 Å². The number of thiazole rings is 1. The molecule has 1 aliphatic heterocycles. The zero-order valence-corrected chi connectivity index (χ0v) is 17.5. The first-order valence-electron chi connectivity index (χ1n) is 8.83. The number of hydrogen-bond acceptors (Lipinski definition) is 6. The number of methoxy groups -OCH3 is 2. The van der Waals surface area contributed by atoms with Crippen LogP contribution in [0.2, 0.25) is 0 Å². The molecule has 3 amide bonds. The fourth-order valence-electron chi connectivity index (χ4n) is 3.29. The Bertz CT molecular complexity index is 931. The Labute approximate surface area is 173 Å². The van der Waals surface area contributed by atoms with Crippen molar-refractivity contribution in [3.63, 3.8) is 0 Å². The molecule has 1 aromatic carbocycles. The largest absolute Gasteiger partial charge is 0.497 e. The number of urea groups is 1. The summed E-state index contributed by atoms with van der Waals surface area (Å²) in [6.07, 6.45) is 5.41. The molecule has 29 heavy (non-hydrogen) atoms. The summed E-state index contributed by atoms with van der Waals surface area (Å²) in [6.45, 7) is 0.751. The van der Waals surface area contributed by atoms with Crippen molar-refractivity contribution in [2.24, 2.45) is 0 Å². The standard InChI is InChI=1S/C20H22N4O4S/c1-6-18-21-17(12-29-18)19(25)24(14-10-22(2)20(26)23(3)11-14)13-7-15(27-4)9-16(8-13)28-5/h1,7-9,12,14H,10-11H2,2-5H3. The van der Waals surface area contributed by atoms with Gasteiger partial charge in [-0.3, -0.25) is 4.79 Å². The maximum absolute atomic E-state index is 13.5. The molecule has 0 bridgehead atoms. The topological polar surface area (TPSA) is 75.2 Å². The number of anilines is 1. The SMILES string of the molecule is C#Cc1nc(C(=O)N(c2cc(OC)cc(OC)c2)C2CN(C)C(=O)N(C)C2)cs1. The van der Waals surface area contributed by atoms with Crippen molar-refractivity contribution in [1.82, 2.24) is 14.8 Å². The Hall–Kier alpha value is -3.25. The molecule has 0 aliphatic carbocycles. The number of hydrogen-bond donors (Lipinski definition) is 0. The van der Waals surface area contributed by atoms with Crippen LogP contribution in [0.5, 0.6) is 11.5 Å². The van der Waals surface area contributed by atoms with Gasteiger partial charge in [0.25, 0.3) is 5.91 Å². The maximum atomic E-state index is 13.5. The number of benzene rings is 1. The van der Waals surface area contributed by atoms with Gasteiger partial charge in [0.2, 0.25) is 0 Å². The Morgan fingerprint density at radius 3 is 2.28 bits per heavy atom. The molecule has 0 unspecified atom stereocenters. The van der Waals surface area contributed by atoms with Gasteiger partial charge in [-0.1, -0.05) is 0 Å². The molecular formula is C20H22N4O4S. The molecule has 0 N–H and O–H groups in total. The number of aromatic nitrogens is 1. The van der Waals surface area contributed by atoms with Crippen molar-refractivity contribution in [1.29, 1.82) is 0 Å². The third kappa shape index (κ3) is 4.12. The number of carbonyl (C=O) groups excluding carboxylic acids is 2. The van der Waals surface area contributed by atoms with Crippen LogP contribution in [0.1, 0.15) is 15.5 Å². The van der Waals surface area contributed by atoms with Crippen LogP contribution < -0.4 is 14.4 Å². The highest BCUT2D eigenvalue weighted by atomic mass is 32.1. The Morgan fingerprint density at radius 2 is 1.79 bits per heavy atom. The number of carbonyl (C=O) groups is 2. The van der Waals surface area contributed by atoms with Crippen molar-refractivity contribution in [2.75, 3.05) is 46.3 Å². The fourth-order valence-corrected chi connectivity index (χ4v) is 3.88. The first-order valence-corrected chi connectivity index (χ1v) is 9.71. The summed E-state index contributed by atoms with van der Waals surface area (Å²) in [5.41, 5.74) is 0.842. The summed E-state index contributed by atoms with van der Waals surface area (Å²) in [5.74, 6) is 3.24. The molecule has 1 aliphatic rings. The van der Waals surface area contributed by atoms with Crippen LogP contribution in [0.25, 0.3) is 0 Å². The molecule has 0 saturated carbocycles. The molecule has 9 heteroatoms. The summed E-state index contributed by atoms with van der Waals surface area (Å²) in [6, 6.07) is 4.84. The van der Waals surface area contributed by atoms with E-state index >= 15 is 0 Å². The van der Waals surface area contributed by atoms with Crippen molar-refractivity contribution < 1.29 is 19.1 Å². The van der Waals surface area contributed by atoms with Crippen molar-refractivity contribution in [2.45, 2.75) is 6.04 Å². The van der Waals surface area contributed by atoms with E-state index in [0.29, 0.717) is 35.3 Å².